The summed E-state index contributed by atoms with van der Waals surface area (Å²) in [5.74, 6) is 0. The number of fused-ring (bicyclic) bond motifs is 3. The second-order valence-electron chi connectivity index (χ2n) is 4.73. The average Bonchev–Trinajstić information content (AvgIpc) is 2.83. The minimum absolute atomic E-state index is 0.345. The topological polar surface area (TPSA) is 57.2 Å². The van der Waals surface area contributed by atoms with Crippen LogP contribution in [0.1, 0.15) is 5.56 Å². The van der Waals surface area contributed by atoms with Crippen molar-refractivity contribution >= 4 is 41.6 Å². The van der Waals surface area contributed by atoms with Gasteiger partial charge < -0.3 is 4.55 Å². The van der Waals surface area contributed by atoms with Crippen molar-refractivity contribution in [3.05, 3.63) is 48.0 Å². The smallest absolute Gasteiger partial charge is 0.485 e. The molecule has 2 aromatic carbocycles. The Morgan fingerprint density at radius 1 is 0.840 bits per heavy atom. The van der Waals surface area contributed by atoms with Crippen LogP contribution < -0.4 is 0 Å². The molecule has 0 N–H and O–H groups in total. The van der Waals surface area contributed by atoms with Crippen molar-refractivity contribution in [3.8, 4) is 0 Å². The highest BCUT2D eigenvalue weighted by Crippen LogP contribution is 2.41. The Hall–Kier alpha value is -1.85. The number of thiophene rings is 1. The Bertz CT molecular complexity index is 1000. The number of benzene rings is 2. The van der Waals surface area contributed by atoms with E-state index in [1.54, 1.807) is 18.2 Å². The average molecular weight is 402 g/mol. The predicted octanol–water partition coefficient (Wildman–Crippen LogP) is 4.86. The molecule has 3 nitrogen and oxygen atoms in total. The van der Waals surface area contributed by atoms with Crippen LogP contribution in [0.3, 0.4) is 0 Å². The maximum atomic E-state index is 12.9. The standard InChI is InChI=1S/C13H7F3S.CHF3O3S/c14-13(15,16)9-5-3-7-11-12(9)8-4-1-2-6-10(8)17-11;2-1(3,4)8(5,6)7/h1-7H;(H,5,6,7). The first-order valence-electron chi connectivity index (χ1n) is 6.36. The van der Waals surface area contributed by atoms with E-state index in [9.17, 15) is 26.3 Å². The fourth-order valence-electron chi connectivity index (χ4n) is 2.06. The van der Waals surface area contributed by atoms with E-state index in [1.165, 1.54) is 6.07 Å². The molecule has 0 aliphatic carbocycles. The number of hydrogen-bond acceptors (Lipinski definition) is 3. The van der Waals surface area contributed by atoms with Gasteiger partial charge in [0.05, 0.1) is 10.9 Å². The molecule has 0 unspecified atom stereocenters. The zero-order valence-corrected chi connectivity index (χ0v) is 13.6. The van der Waals surface area contributed by atoms with Crippen LogP contribution in [0, 0.1) is 0 Å². The molecule has 1 heterocycles. The van der Waals surface area contributed by atoms with E-state index in [0.717, 1.165) is 26.8 Å². The molecule has 136 valence electrons. The Balaban J connectivity index is 0.000000242. The number of hydrogen-bond donors (Lipinski definition) is 0. The van der Waals surface area contributed by atoms with Gasteiger partial charge in [-0.1, -0.05) is 18.2 Å². The van der Waals surface area contributed by atoms with Gasteiger partial charge in [0.1, 0.15) is 0 Å². The fraction of sp³-hybridized carbons (Fsp3) is 0.143. The molecule has 0 aliphatic rings. The highest BCUT2D eigenvalue weighted by molar-refractivity contribution is 7.86. The molecule has 25 heavy (non-hydrogen) atoms. The van der Waals surface area contributed by atoms with E-state index in [2.05, 4.69) is 0 Å². The zero-order chi connectivity index (χ0) is 19.0. The lowest BCUT2D eigenvalue weighted by Crippen LogP contribution is -2.21. The molecule has 0 fully saturated rings. The minimum Gasteiger partial charge on any atom is -0.741 e. The van der Waals surface area contributed by atoms with Crippen LogP contribution in [0.2, 0.25) is 0 Å². The Labute approximate surface area is 141 Å². The highest BCUT2D eigenvalue weighted by Gasteiger charge is 2.37. The van der Waals surface area contributed by atoms with E-state index in [4.69, 9.17) is 13.0 Å². The van der Waals surface area contributed by atoms with Crippen molar-refractivity contribution in [2.75, 3.05) is 0 Å². The number of rotatable bonds is 0. The van der Waals surface area contributed by atoms with Gasteiger partial charge in [0, 0.05) is 5.39 Å². The summed E-state index contributed by atoms with van der Waals surface area (Å²) < 4.78 is 99.4. The van der Waals surface area contributed by atoms with E-state index < -0.39 is 27.4 Å². The lowest BCUT2D eigenvalue weighted by molar-refractivity contribution is -0.136. The molecular formula is C14H8F6O3S2. The van der Waals surface area contributed by atoms with Gasteiger partial charge in [-0.15, -0.1) is 0 Å². The minimum atomic E-state index is -6.09. The normalized spacial score (nSPS) is 12.9. The van der Waals surface area contributed by atoms with E-state index >= 15 is 0 Å². The molecule has 0 saturated carbocycles. The van der Waals surface area contributed by atoms with E-state index in [-0.39, 0.29) is 0 Å². The summed E-state index contributed by atoms with van der Waals surface area (Å²) in [4.78, 5) is 0. The van der Waals surface area contributed by atoms with Gasteiger partial charge in [-0.25, -0.2) is 8.42 Å². The van der Waals surface area contributed by atoms with Crippen molar-refractivity contribution in [1.29, 1.82) is 0 Å². The molecule has 3 aromatic rings. The zero-order valence-electron chi connectivity index (χ0n) is 11.9. The summed E-state index contributed by atoms with van der Waals surface area (Å²) in [5.41, 5.74) is -6.18. The van der Waals surface area contributed by atoms with Crippen LogP contribution >= 0.6 is 11.3 Å². The predicted molar refractivity (Wildman–Crippen MR) is 81.5 cm³/mol. The molecule has 0 amide bonds. The third-order valence-corrected chi connectivity index (χ3v) is 4.86. The Kier molecular flexibility index (Phi) is 5.04. The first-order chi connectivity index (χ1) is 11.3. The number of halogens is 6. The summed E-state index contributed by atoms with van der Waals surface area (Å²) in [6.45, 7) is 0. The molecule has 11 heteroatoms. The van der Waals surface area contributed by atoms with Crippen molar-refractivity contribution in [1.82, 2.24) is 0 Å². The summed E-state index contributed by atoms with van der Waals surface area (Å²) in [5, 5.41) is 1.05. The molecule has 3 rings (SSSR count). The number of alkyl halides is 6. The van der Waals surface area contributed by atoms with Crippen LogP contribution in [0.25, 0.3) is 20.2 Å². The third kappa shape index (κ3) is 4.22. The molecule has 0 bridgehead atoms. The van der Waals surface area contributed by atoms with Crippen LogP contribution in [-0.2, 0) is 16.3 Å². The van der Waals surface area contributed by atoms with Crippen molar-refractivity contribution in [2.45, 2.75) is 11.7 Å². The lowest BCUT2D eigenvalue weighted by Gasteiger charge is -2.08. The summed E-state index contributed by atoms with van der Waals surface area (Å²) >= 11 is 0.859. The van der Waals surface area contributed by atoms with E-state index in [1.807, 2.05) is 12.1 Å². The van der Waals surface area contributed by atoms with Crippen LogP contribution in [0.15, 0.2) is 42.5 Å². The molecule has 1 aromatic heterocycles. The van der Waals surface area contributed by atoms with Gasteiger partial charge in [0.15, 0.2) is 19.5 Å². The maximum Gasteiger partial charge on any atom is 0.485 e. The van der Waals surface area contributed by atoms with Crippen molar-refractivity contribution in [2.24, 2.45) is 0 Å². The monoisotopic (exact) mass is 402 g/mol. The maximum absolute atomic E-state index is 12.9. The van der Waals surface area contributed by atoms with Gasteiger partial charge in [-0.05, 0) is 35.6 Å². The molecule has 0 saturated heterocycles. The quantitative estimate of drug-likeness (QED) is 0.234. The van der Waals surface area contributed by atoms with Crippen LogP contribution in [-0.4, -0.2) is 18.5 Å². The summed E-state index contributed by atoms with van der Waals surface area (Å²) in [7, 11) is -6.09. The second-order valence-corrected chi connectivity index (χ2v) is 7.28. The summed E-state index contributed by atoms with van der Waals surface area (Å²) in [6, 6.07) is 11.6. The first-order valence-corrected chi connectivity index (χ1v) is 8.66. The highest BCUT2D eigenvalue weighted by atomic mass is 32.2. The van der Waals surface area contributed by atoms with Crippen molar-refractivity contribution < 1.29 is 39.3 Å². The van der Waals surface area contributed by atoms with Gasteiger partial charge in [0.2, 0.25) is 0 Å². The Morgan fingerprint density at radius 2 is 1.36 bits per heavy atom. The van der Waals surface area contributed by atoms with Crippen LogP contribution in [0.4, 0.5) is 26.3 Å². The lowest BCUT2D eigenvalue weighted by atomic mass is 10.1. The fourth-order valence-corrected chi connectivity index (χ4v) is 3.31. The molecule has 0 spiro atoms. The SMILES string of the molecule is FC(F)(F)c1cccc2[sH+]c3ccccc3c12.O=S(=O)([O-])C(F)(F)F. The third-order valence-electron chi connectivity index (χ3n) is 3.05. The van der Waals surface area contributed by atoms with Gasteiger partial charge in [-0.3, -0.25) is 0 Å². The summed E-state index contributed by atoms with van der Waals surface area (Å²) in [6.07, 6.45) is -4.29. The van der Waals surface area contributed by atoms with E-state index in [0.29, 0.717) is 10.8 Å². The molecule has 0 radical (unpaired) electrons. The van der Waals surface area contributed by atoms with Gasteiger partial charge >= 0.3 is 11.7 Å². The molecule has 0 aliphatic heterocycles. The van der Waals surface area contributed by atoms with Crippen molar-refractivity contribution in [3.63, 3.8) is 0 Å². The second kappa shape index (κ2) is 6.46. The largest absolute Gasteiger partial charge is 0.741 e. The molecular weight excluding hydrogens is 394 g/mol. The van der Waals surface area contributed by atoms with Crippen LogP contribution in [0.5, 0.6) is 0 Å². The van der Waals surface area contributed by atoms with Gasteiger partial charge in [0.25, 0.3) is 0 Å². The first kappa shape index (κ1) is 19.5. The van der Waals surface area contributed by atoms with Gasteiger partial charge in [-0.2, -0.15) is 26.3 Å². The molecule has 0 atom stereocenters. The Morgan fingerprint density at radius 3 is 1.88 bits per heavy atom.